The topological polar surface area (TPSA) is 93.7 Å². The normalized spacial score (nSPS) is 12.0. The molecule has 0 bridgehead atoms. The van der Waals surface area contributed by atoms with Crippen LogP contribution in [0.4, 0.5) is 24.5 Å². The molecule has 0 heterocycles. The van der Waals surface area contributed by atoms with E-state index in [1.165, 1.54) is 31.4 Å². The zero-order valence-electron chi connectivity index (χ0n) is 18.9. The molecule has 0 radical (unpaired) electrons. The Morgan fingerprint density at radius 3 is 2.31 bits per heavy atom. The number of carbonyl (C=O) groups excluding carboxylic acids is 3. The van der Waals surface area contributed by atoms with Crippen LogP contribution in [0.5, 0.6) is 5.75 Å². The van der Waals surface area contributed by atoms with Gasteiger partial charge in [-0.3, -0.25) is 9.59 Å². The van der Waals surface area contributed by atoms with Gasteiger partial charge in [-0.05, 0) is 24.3 Å². The number of esters is 1. The standard InChI is InChI=1S/C26H21F3N2O5/c1-35-19-11-7-10-18(16-19)31-24(33)23(17-8-3-2-4-9-17)36-25(34)20-12-5-6-13-21(20)30-15-14-22(32)26(27,28)29/h2-16,23,30H,1H3,(H,31,33)/b15-14+/t23-/m1/s1. The average Bonchev–Trinajstić information content (AvgIpc) is 2.87. The second kappa shape index (κ2) is 11.7. The number of halogens is 3. The van der Waals surface area contributed by atoms with Crippen molar-refractivity contribution in [1.29, 1.82) is 0 Å². The molecule has 3 aromatic carbocycles. The van der Waals surface area contributed by atoms with Crippen molar-refractivity contribution in [2.45, 2.75) is 12.3 Å². The molecule has 10 heteroatoms. The Balaban J connectivity index is 1.82. The summed E-state index contributed by atoms with van der Waals surface area (Å²) in [5, 5.41) is 5.16. The van der Waals surface area contributed by atoms with Crippen LogP contribution in [-0.4, -0.2) is 30.9 Å². The molecule has 36 heavy (non-hydrogen) atoms. The summed E-state index contributed by atoms with van der Waals surface area (Å²) in [5.74, 6) is -3.10. The number of rotatable bonds is 9. The molecule has 0 fully saturated rings. The van der Waals surface area contributed by atoms with Crippen LogP contribution < -0.4 is 15.4 Å². The Morgan fingerprint density at radius 2 is 1.61 bits per heavy atom. The van der Waals surface area contributed by atoms with E-state index in [1.54, 1.807) is 54.6 Å². The van der Waals surface area contributed by atoms with Gasteiger partial charge in [-0.1, -0.05) is 48.5 Å². The quantitative estimate of drug-likeness (QED) is 0.308. The molecule has 3 rings (SSSR count). The van der Waals surface area contributed by atoms with Crippen molar-refractivity contribution in [3.8, 4) is 5.75 Å². The smallest absolute Gasteiger partial charge is 0.454 e. The van der Waals surface area contributed by atoms with Crippen LogP contribution in [0.3, 0.4) is 0 Å². The molecule has 0 unspecified atom stereocenters. The van der Waals surface area contributed by atoms with Gasteiger partial charge in [0, 0.05) is 29.6 Å². The number of ketones is 1. The van der Waals surface area contributed by atoms with E-state index in [0.717, 1.165) is 6.20 Å². The maximum absolute atomic E-state index is 13.1. The molecule has 0 aliphatic rings. The van der Waals surface area contributed by atoms with E-state index < -0.39 is 29.9 Å². The molecular weight excluding hydrogens is 477 g/mol. The van der Waals surface area contributed by atoms with Crippen molar-refractivity contribution in [3.63, 3.8) is 0 Å². The summed E-state index contributed by atoms with van der Waals surface area (Å²) in [6.45, 7) is 0. The highest BCUT2D eigenvalue weighted by Gasteiger charge is 2.36. The number of hydrogen-bond donors (Lipinski definition) is 2. The Labute approximate surface area is 204 Å². The molecule has 1 atom stereocenters. The van der Waals surface area contributed by atoms with Crippen molar-refractivity contribution >= 4 is 29.0 Å². The van der Waals surface area contributed by atoms with E-state index >= 15 is 0 Å². The summed E-state index contributed by atoms with van der Waals surface area (Å²) in [5.41, 5.74) is 0.829. The lowest BCUT2D eigenvalue weighted by Crippen LogP contribution is -2.26. The van der Waals surface area contributed by atoms with Gasteiger partial charge in [0.25, 0.3) is 11.7 Å². The maximum atomic E-state index is 13.1. The summed E-state index contributed by atoms with van der Waals surface area (Å²) in [6.07, 6.45) is -5.29. The van der Waals surface area contributed by atoms with Gasteiger partial charge in [-0.15, -0.1) is 0 Å². The fourth-order valence-electron chi connectivity index (χ4n) is 3.07. The lowest BCUT2D eigenvalue weighted by molar-refractivity contribution is -0.165. The van der Waals surface area contributed by atoms with Crippen molar-refractivity contribution < 1.29 is 37.0 Å². The minimum Gasteiger partial charge on any atom is -0.497 e. The number of benzene rings is 3. The predicted molar refractivity (Wildman–Crippen MR) is 126 cm³/mol. The minimum atomic E-state index is -5.02. The number of nitrogens with one attached hydrogen (secondary N) is 2. The third kappa shape index (κ3) is 6.95. The van der Waals surface area contributed by atoms with Gasteiger partial charge in [-0.2, -0.15) is 13.2 Å². The van der Waals surface area contributed by atoms with Crippen molar-refractivity contribution in [2.75, 3.05) is 17.7 Å². The first-order chi connectivity index (χ1) is 17.2. The van der Waals surface area contributed by atoms with Crippen LogP contribution in [-0.2, 0) is 14.3 Å². The van der Waals surface area contributed by atoms with Gasteiger partial charge in [0.2, 0.25) is 6.10 Å². The molecule has 1 amide bonds. The van der Waals surface area contributed by atoms with Gasteiger partial charge in [0.15, 0.2) is 0 Å². The molecule has 0 aliphatic heterocycles. The molecule has 0 spiro atoms. The van der Waals surface area contributed by atoms with Crippen LogP contribution in [0.1, 0.15) is 22.0 Å². The highest BCUT2D eigenvalue weighted by molar-refractivity contribution is 6.00. The molecule has 2 N–H and O–H groups in total. The Kier molecular flexibility index (Phi) is 8.45. The second-order valence-electron chi connectivity index (χ2n) is 7.30. The number of para-hydroxylation sites is 1. The number of amides is 1. The second-order valence-corrected chi connectivity index (χ2v) is 7.30. The van der Waals surface area contributed by atoms with Gasteiger partial charge < -0.3 is 20.1 Å². The van der Waals surface area contributed by atoms with Crippen LogP contribution >= 0.6 is 0 Å². The Morgan fingerprint density at radius 1 is 0.917 bits per heavy atom. The van der Waals surface area contributed by atoms with Gasteiger partial charge in [0.05, 0.1) is 18.4 Å². The maximum Gasteiger partial charge on any atom is 0.454 e. The first-order valence-corrected chi connectivity index (χ1v) is 10.5. The van der Waals surface area contributed by atoms with E-state index in [1.807, 2.05) is 0 Å². The zero-order valence-corrected chi connectivity index (χ0v) is 18.9. The van der Waals surface area contributed by atoms with E-state index in [-0.39, 0.29) is 11.3 Å². The van der Waals surface area contributed by atoms with E-state index in [0.29, 0.717) is 23.1 Å². The van der Waals surface area contributed by atoms with Crippen molar-refractivity contribution in [1.82, 2.24) is 0 Å². The van der Waals surface area contributed by atoms with E-state index in [2.05, 4.69) is 10.6 Å². The fourth-order valence-corrected chi connectivity index (χ4v) is 3.07. The molecule has 0 aromatic heterocycles. The van der Waals surface area contributed by atoms with Crippen LogP contribution in [0.15, 0.2) is 91.1 Å². The zero-order chi connectivity index (χ0) is 26.1. The number of ether oxygens (including phenoxy) is 2. The molecule has 0 aliphatic carbocycles. The number of methoxy groups -OCH3 is 1. The fraction of sp³-hybridized carbons (Fsp3) is 0.115. The highest BCUT2D eigenvalue weighted by atomic mass is 19.4. The molecule has 0 saturated carbocycles. The lowest BCUT2D eigenvalue weighted by atomic mass is 10.1. The van der Waals surface area contributed by atoms with Crippen molar-refractivity contribution in [2.24, 2.45) is 0 Å². The van der Waals surface area contributed by atoms with Crippen LogP contribution in [0, 0.1) is 0 Å². The lowest BCUT2D eigenvalue weighted by Gasteiger charge is -2.19. The van der Waals surface area contributed by atoms with Gasteiger partial charge >= 0.3 is 12.1 Å². The SMILES string of the molecule is COc1cccc(NC(=O)[C@H](OC(=O)c2ccccc2N/C=C/C(=O)C(F)(F)F)c2ccccc2)c1. The summed E-state index contributed by atoms with van der Waals surface area (Å²) < 4.78 is 47.9. The molecule has 0 saturated heterocycles. The average molecular weight is 498 g/mol. The summed E-state index contributed by atoms with van der Waals surface area (Å²) in [7, 11) is 1.48. The summed E-state index contributed by atoms with van der Waals surface area (Å²) in [6, 6.07) is 20.7. The van der Waals surface area contributed by atoms with Gasteiger partial charge in [0.1, 0.15) is 5.75 Å². The summed E-state index contributed by atoms with van der Waals surface area (Å²) in [4.78, 5) is 37.2. The van der Waals surface area contributed by atoms with Crippen molar-refractivity contribution in [3.05, 3.63) is 102 Å². The Bertz CT molecular complexity index is 1260. The van der Waals surface area contributed by atoms with Crippen LogP contribution in [0.25, 0.3) is 0 Å². The third-order valence-electron chi connectivity index (χ3n) is 4.80. The summed E-state index contributed by atoms with van der Waals surface area (Å²) >= 11 is 0. The predicted octanol–water partition coefficient (Wildman–Crippen LogP) is 5.29. The molecule has 7 nitrogen and oxygen atoms in total. The monoisotopic (exact) mass is 498 g/mol. The number of alkyl halides is 3. The molecule has 186 valence electrons. The number of anilines is 2. The van der Waals surface area contributed by atoms with E-state index in [4.69, 9.17) is 9.47 Å². The molecular formula is C26H21F3N2O5. The Hall–Kier alpha value is -4.60. The first-order valence-electron chi connectivity index (χ1n) is 10.5. The number of allylic oxidation sites excluding steroid dienone is 1. The van der Waals surface area contributed by atoms with Crippen LogP contribution in [0.2, 0.25) is 0 Å². The largest absolute Gasteiger partial charge is 0.497 e. The third-order valence-corrected chi connectivity index (χ3v) is 4.80. The van der Waals surface area contributed by atoms with E-state index in [9.17, 15) is 27.6 Å². The minimum absolute atomic E-state index is 0.0586. The number of hydrogen-bond acceptors (Lipinski definition) is 6. The molecule has 3 aromatic rings. The first kappa shape index (κ1) is 26.0. The number of carbonyl (C=O) groups is 3. The highest BCUT2D eigenvalue weighted by Crippen LogP contribution is 2.25. The van der Waals surface area contributed by atoms with Gasteiger partial charge in [-0.25, -0.2) is 4.79 Å².